The number of halogens is 3. The van der Waals surface area contributed by atoms with Gasteiger partial charge in [0.2, 0.25) is 21.7 Å². The summed E-state index contributed by atoms with van der Waals surface area (Å²) in [7, 11) is -4.21. The number of carboxylic acid groups (broad SMARTS) is 1. The third-order valence-electron chi connectivity index (χ3n) is 11.2. The van der Waals surface area contributed by atoms with E-state index in [0.29, 0.717) is 72.5 Å². The van der Waals surface area contributed by atoms with Gasteiger partial charge in [-0.3, -0.25) is 9.20 Å². The highest BCUT2D eigenvalue weighted by Crippen LogP contribution is 2.45. The van der Waals surface area contributed by atoms with Crippen LogP contribution in [-0.4, -0.2) is 86.0 Å². The summed E-state index contributed by atoms with van der Waals surface area (Å²) in [6, 6.07) is 8.36. The van der Waals surface area contributed by atoms with Gasteiger partial charge in [0.05, 0.1) is 31.3 Å². The average Bonchev–Trinajstić information content (AvgIpc) is 3.51. The summed E-state index contributed by atoms with van der Waals surface area (Å²) in [5.41, 5.74) is 0.807. The Hall–Kier alpha value is -4.32. The molecule has 2 aliphatic heterocycles. The number of pyridine rings is 2. The number of hydrogen-bond donors (Lipinski definition) is 3. The second-order valence-corrected chi connectivity index (χ2v) is 17.3. The highest BCUT2D eigenvalue weighted by molar-refractivity contribution is 7.89. The molecule has 0 amide bonds. The standard InChI is InChI=1S/C37H43F3N6O7S/c1-20-6-7-23(29(35(4,5)34(48)49)27-8-11-46-31(22(27)3)43-44-33(46)37(38,39)40)15-24(20)18-45-19-36(9-12-52-13-10-36)53-32-28(54(45,50)51)14-21(2)30(42-32)41-25-16-26(47)17-25/h6-8,11,14-15,25-26,29,47H,9-10,12-13,16-19H2,1-5H3,(H,41,42)(H,48,49)/t25-,26+,29-/m1/s1. The molecule has 5 heterocycles. The number of hydrogen-bond acceptors (Lipinski definition) is 10. The van der Waals surface area contributed by atoms with Crippen LogP contribution < -0.4 is 10.1 Å². The lowest BCUT2D eigenvalue weighted by atomic mass is 9.70. The number of aromatic nitrogens is 4. The fourth-order valence-electron chi connectivity index (χ4n) is 7.74. The van der Waals surface area contributed by atoms with Crippen LogP contribution in [-0.2, 0) is 32.3 Å². The number of alkyl halides is 3. The van der Waals surface area contributed by atoms with Crippen molar-refractivity contribution in [1.29, 1.82) is 0 Å². The first-order valence-corrected chi connectivity index (χ1v) is 19.2. The molecule has 4 aromatic rings. The number of benzene rings is 1. The molecule has 1 atom stereocenters. The third-order valence-corrected chi connectivity index (χ3v) is 12.9. The van der Waals surface area contributed by atoms with Gasteiger partial charge in [-0.05, 0) is 93.0 Å². The summed E-state index contributed by atoms with van der Waals surface area (Å²) in [4.78, 5) is 17.4. The summed E-state index contributed by atoms with van der Waals surface area (Å²) < 4.78 is 84.8. The molecule has 2 fully saturated rings. The smallest absolute Gasteiger partial charge is 0.452 e. The third kappa shape index (κ3) is 6.68. The summed E-state index contributed by atoms with van der Waals surface area (Å²) >= 11 is 0. The predicted molar refractivity (Wildman–Crippen MR) is 190 cm³/mol. The van der Waals surface area contributed by atoms with Gasteiger partial charge in [-0.2, -0.15) is 22.5 Å². The predicted octanol–water partition coefficient (Wildman–Crippen LogP) is 5.38. The first-order chi connectivity index (χ1) is 25.3. The number of ether oxygens (including phenoxy) is 2. The number of nitrogens with one attached hydrogen (secondary N) is 1. The van der Waals surface area contributed by atoms with E-state index in [0.717, 1.165) is 9.96 Å². The number of rotatable bonds is 8. The highest BCUT2D eigenvalue weighted by Gasteiger charge is 2.47. The van der Waals surface area contributed by atoms with Gasteiger partial charge in [0, 0.05) is 37.5 Å². The zero-order chi connectivity index (χ0) is 39.0. The lowest BCUT2D eigenvalue weighted by molar-refractivity contribution is -0.147. The van der Waals surface area contributed by atoms with E-state index in [2.05, 4.69) is 15.5 Å². The van der Waals surface area contributed by atoms with E-state index in [1.807, 2.05) is 6.92 Å². The van der Waals surface area contributed by atoms with E-state index >= 15 is 0 Å². The van der Waals surface area contributed by atoms with Crippen molar-refractivity contribution in [1.82, 2.24) is 23.9 Å². The van der Waals surface area contributed by atoms with Crippen LogP contribution in [0.2, 0.25) is 0 Å². The van der Waals surface area contributed by atoms with Crippen LogP contribution in [0.4, 0.5) is 19.0 Å². The Labute approximate surface area is 310 Å². The van der Waals surface area contributed by atoms with Gasteiger partial charge in [0.25, 0.3) is 0 Å². The normalized spacial score (nSPS) is 21.9. The molecular formula is C37H43F3N6O7S. The number of aryl methyl sites for hydroxylation is 3. The number of aliphatic hydroxyl groups is 1. The molecule has 17 heteroatoms. The van der Waals surface area contributed by atoms with Crippen LogP contribution in [0.5, 0.6) is 5.88 Å². The second-order valence-electron chi connectivity index (χ2n) is 15.4. The van der Waals surface area contributed by atoms with E-state index in [9.17, 15) is 36.6 Å². The monoisotopic (exact) mass is 772 g/mol. The first-order valence-electron chi connectivity index (χ1n) is 17.8. The number of sulfonamides is 1. The SMILES string of the molecule is Cc1ccc([C@H](c2ccn3c(C(F)(F)F)nnc3c2C)C(C)(C)C(=O)O)cc1CN1CC2(CCOCC2)Oc2nc(N[C@H]3C[C@@H](O)C3)c(C)cc2S1(=O)=O. The highest BCUT2D eigenvalue weighted by atomic mass is 32.2. The Morgan fingerprint density at radius 2 is 1.78 bits per heavy atom. The zero-order valence-corrected chi connectivity index (χ0v) is 31.4. The summed E-state index contributed by atoms with van der Waals surface area (Å²) in [5.74, 6) is -2.73. The molecule has 290 valence electrons. The molecule has 3 aliphatic rings. The number of fused-ring (bicyclic) bond motifs is 2. The molecule has 1 aromatic carbocycles. The lowest BCUT2D eigenvalue weighted by Crippen LogP contribution is -2.50. The Bertz CT molecular complexity index is 2230. The molecule has 3 N–H and O–H groups in total. The van der Waals surface area contributed by atoms with Crippen LogP contribution in [0.3, 0.4) is 0 Å². The van der Waals surface area contributed by atoms with Gasteiger partial charge in [-0.1, -0.05) is 18.2 Å². The van der Waals surface area contributed by atoms with Crippen molar-refractivity contribution in [2.24, 2.45) is 5.41 Å². The van der Waals surface area contributed by atoms with Gasteiger partial charge < -0.3 is 25.0 Å². The van der Waals surface area contributed by atoms with Gasteiger partial charge in [-0.15, -0.1) is 10.2 Å². The van der Waals surface area contributed by atoms with Crippen molar-refractivity contribution in [3.63, 3.8) is 0 Å². The van der Waals surface area contributed by atoms with Crippen molar-refractivity contribution in [2.75, 3.05) is 25.1 Å². The summed E-state index contributed by atoms with van der Waals surface area (Å²) in [6.07, 6.45) is -2.00. The molecule has 1 spiro atoms. The van der Waals surface area contributed by atoms with Crippen molar-refractivity contribution in [3.05, 3.63) is 75.7 Å². The van der Waals surface area contributed by atoms with Gasteiger partial charge in [0.1, 0.15) is 16.3 Å². The van der Waals surface area contributed by atoms with Crippen LogP contribution >= 0.6 is 0 Å². The Morgan fingerprint density at radius 3 is 2.43 bits per heavy atom. The van der Waals surface area contributed by atoms with Crippen LogP contribution in [0.25, 0.3) is 5.65 Å². The largest absolute Gasteiger partial charge is 0.481 e. The minimum atomic E-state index is -4.75. The molecule has 0 radical (unpaired) electrons. The van der Waals surface area contributed by atoms with E-state index in [1.165, 1.54) is 16.6 Å². The van der Waals surface area contributed by atoms with Crippen LogP contribution in [0.15, 0.2) is 41.4 Å². The molecule has 0 bridgehead atoms. The number of aliphatic carboxylic acids is 1. The van der Waals surface area contributed by atoms with Crippen LogP contribution in [0.1, 0.15) is 84.7 Å². The Balaban J connectivity index is 1.30. The van der Waals surface area contributed by atoms with E-state index in [-0.39, 0.29) is 41.7 Å². The zero-order valence-electron chi connectivity index (χ0n) is 30.6. The molecular weight excluding hydrogens is 730 g/mol. The molecule has 3 aromatic heterocycles. The van der Waals surface area contributed by atoms with E-state index < -0.39 is 44.9 Å². The minimum Gasteiger partial charge on any atom is -0.481 e. The first kappa shape index (κ1) is 38.0. The lowest BCUT2D eigenvalue weighted by Gasteiger charge is -2.38. The number of carboxylic acids is 1. The second kappa shape index (κ2) is 13.5. The summed E-state index contributed by atoms with van der Waals surface area (Å²) in [5, 5.41) is 30.8. The van der Waals surface area contributed by atoms with Crippen molar-refractivity contribution in [3.8, 4) is 5.88 Å². The molecule has 7 rings (SSSR count). The van der Waals surface area contributed by atoms with Crippen LogP contribution in [0, 0.1) is 26.2 Å². The molecule has 0 unspecified atom stereocenters. The van der Waals surface area contributed by atoms with Gasteiger partial charge >= 0.3 is 12.1 Å². The van der Waals surface area contributed by atoms with E-state index in [4.69, 9.17) is 14.5 Å². The quantitative estimate of drug-likeness (QED) is 0.210. The van der Waals surface area contributed by atoms with Crippen molar-refractivity contribution >= 4 is 27.5 Å². The maximum atomic E-state index is 14.6. The molecule has 1 saturated carbocycles. The summed E-state index contributed by atoms with van der Waals surface area (Å²) in [6.45, 7) is 8.92. The van der Waals surface area contributed by atoms with Gasteiger partial charge in [-0.25, -0.2) is 8.42 Å². The maximum absolute atomic E-state index is 14.6. The number of carbonyl (C=O) groups is 1. The number of anilines is 1. The average molecular weight is 773 g/mol. The minimum absolute atomic E-state index is 0.00356. The topological polar surface area (TPSA) is 168 Å². The van der Waals surface area contributed by atoms with Gasteiger partial charge in [0.15, 0.2) is 5.65 Å². The molecule has 54 heavy (non-hydrogen) atoms. The fourth-order valence-corrected chi connectivity index (χ4v) is 9.37. The molecule has 13 nitrogen and oxygen atoms in total. The fraction of sp³-hybridized carbons (Fsp3) is 0.514. The molecule has 1 saturated heterocycles. The molecule has 1 aliphatic carbocycles. The maximum Gasteiger partial charge on any atom is 0.452 e. The van der Waals surface area contributed by atoms with Crippen molar-refractivity contribution in [2.45, 2.75) is 102 Å². The number of nitrogens with zero attached hydrogens (tertiary/aromatic N) is 5. The number of aliphatic hydroxyl groups excluding tert-OH is 1. The van der Waals surface area contributed by atoms with Crippen molar-refractivity contribution < 1.29 is 46.1 Å². The van der Waals surface area contributed by atoms with E-state index in [1.54, 1.807) is 52.0 Å². The Kier molecular flexibility index (Phi) is 9.46. The Morgan fingerprint density at radius 1 is 1.07 bits per heavy atom.